The Morgan fingerprint density at radius 1 is 1.73 bits per heavy atom. The average molecular weight is 268 g/mol. The second-order valence-electron chi connectivity index (χ2n) is 3.35. The van der Waals surface area contributed by atoms with E-state index >= 15 is 0 Å². The van der Waals surface area contributed by atoms with Gasteiger partial charge < -0.3 is 9.53 Å². The van der Waals surface area contributed by atoms with Gasteiger partial charge in [0, 0.05) is 5.41 Å². The highest BCUT2D eigenvalue weighted by molar-refractivity contribution is 14.1. The molecule has 0 aromatic carbocycles. The Labute approximate surface area is 80.8 Å². The second kappa shape index (κ2) is 3.39. The van der Waals surface area contributed by atoms with E-state index < -0.39 is 0 Å². The van der Waals surface area contributed by atoms with Gasteiger partial charge in [-0.15, -0.1) is 0 Å². The van der Waals surface area contributed by atoms with E-state index in [9.17, 15) is 4.79 Å². The minimum absolute atomic E-state index is 0.0654. The third-order valence-electron chi connectivity index (χ3n) is 2.46. The lowest BCUT2D eigenvalue weighted by atomic mass is 9.80. The highest BCUT2D eigenvalue weighted by atomic mass is 127. The van der Waals surface area contributed by atoms with E-state index in [0.29, 0.717) is 0 Å². The number of hydrogen-bond donors (Lipinski definition) is 0. The van der Waals surface area contributed by atoms with Gasteiger partial charge in [0.1, 0.15) is 10.4 Å². The summed E-state index contributed by atoms with van der Waals surface area (Å²) in [6.45, 7) is 3.94. The molecule has 64 valence electrons. The number of ether oxygens (including phenoxy) is 1. The van der Waals surface area contributed by atoms with Gasteiger partial charge in [0.05, 0.1) is 6.10 Å². The molecular formula is C8H13IO2. The molecule has 1 aliphatic rings. The fourth-order valence-electron chi connectivity index (χ4n) is 1.23. The van der Waals surface area contributed by atoms with Crippen molar-refractivity contribution >= 4 is 28.9 Å². The fraction of sp³-hybridized carbons (Fsp3) is 0.875. The lowest BCUT2D eigenvalue weighted by Gasteiger charge is -2.37. The largest absolute Gasteiger partial charge is 0.364 e. The number of carbonyl (C=O) groups is 1. The Hall–Kier alpha value is 0.360. The van der Waals surface area contributed by atoms with Crippen LogP contribution in [0.4, 0.5) is 0 Å². The molecule has 11 heavy (non-hydrogen) atoms. The molecule has 0 radical (unpaired) electrons. The molecule has 0 spiro atoms. The van der Waals surface area contributed by atoms with Crippen LogP contribution in [-0.2, 0) is 9.53 Å². The van der Waals surface area contributed by atoms with E-state index in [2.05, 4.69) is 22.6 Å². The quantitative estimate of drug-likeness (QED) is 0.414. The number of carbonyl (C=O) groups excluding carboxylic acids is 1. The van der Waals surface area contributed by atoms with Crippen LogP contribution < -0.4 is 0 Å². The third-order valence-corrected chi connectivity index (χ3v) is 3.38. The number of alkyl halides is 1. The van der Waals surface area contributed by atoms with Gasteiger partial charge in [0.2, 0.25) is 0 Å². The molecule has 0 aliphatic carbocycles. The third kappa shape index (κ3) is 1.93. The molecule has 3 heteroatoms. The highest BCUT2D eigenvalue weighted by Gasteiger charge is 2.37. The van der Waals surface area contributed by atoms with Gasteiger partial charge in [-0.25, -0.2) is 0 Å². The Bertz CT molecular complexity index is 160. The Balaban J connectivity index is 2.63. The van der Waals surface area contributed by atoms with Gasteiger partial charge in [0.25, 0.3) is 0 Å². The zero-order valence-corrected chi connectivity index (χ0v) is 9.00. The first-order valence-electron chi connectivity index (χ1n) is 3.84. The van der Waals surface area contributed by atoms with Gasteiger partial charge in [-0.05, 0) is 19.8 Å². The monoisotopic (exact) mass is 268 g/mol. The number of halogens is 1. The van der Waals surface area contributed by atoms with Crippen LogP contribution in [0.15, 0.2) is 0 Å². The van der Waals surface area contributed by atoms with Crippen LogP contribution in [0.3, 0.4) is 0 Å². The van der Waals surface area contributed by atoms with Crippen LogP contribution in [-0.4, -0.2) is 16.5 Å². The van der Waals surface area contributed by atoms with E-state index in [1.54, 1.807) is 0 Å². The van der Waals surface area contributed by atoms with Crippen LogP contribution in [0, 0.1) is 5.41 Å². The maximum Gasteiger partial charge on any atom is 0.128 e. The molecule has 3 atom stereocenters. The summed E-state index contributed by atoms with van der Waals surface area (Å²) in [5, 5.41) is 0. The van der Waals surface area contributed by atoms with Crippen LogP contribution in [0.25, 0.3) is 0 Å². The van der Waals surface area contributed by atoms with Gasteiger partial charge in [-0.2, -0.15) is 0 Å². The molecule has 1 aliphatic heterocycles. The van der Waals surface area contributed by atoms with Gasteiger partial charge in [-0.1, -0.05) is 29.5 Å². The summed E-state index contributed by atoms with van der Waals surface area (Å²) in [7, 11) is 0. The number of hydrogen-bond acceptors (Lipinski definition) is 2. The summed E-state index contributed by atoms with van der Waals surface area (Å²) in [4.78, 5) is 10.7. The van der Waals surface area contributed by atoms with E-state index in [1.807, 2.05) is 13.8 Å². The smallest absolute Gasteiger partial charge is 0.128 e. The van der Waals surface area contributed by atoms with E-state index in [-0.39, 0.29) is 15.6 Å². The topological polar surface area (TPSA) is 26.3 Å². The molecular weight excluding hydrogens is 255 g/mol. The SMILES string of the molecule is C[C@H]1O[C@@H](I)CC[C@]1(C)C=O. The lowest BCUT2D eigenvalue weighted by Crippen LogP contribution is -2.40. The first kappa shape index (κ1) is 9.45. The molecule has 1 rings (SSSR count). The molecule has 1 heterocycles. The molecule has 0 N–H and O–H groups in total. The van der Waals surface area contributed by atoms with Crippen molar-refractivity contribution in [1.82, 2.24) is 0 Å². The molecule has 0 unspecified atom stereocenters. The minimum Gasteiger partial charge on any atom is -0.364 e. The Morgan fingerprint density at radius 2 is 2.36 bits per heavy atom. The van der Waals surface area contributed by atoms with Crippen molar-refractivity contribution < 1.29 is 9.53 Å². The van der Waals surface area contributed by atoms with Crippen LogP contribution in [0.5, 0.6) is 0 Å². The number of rotatable bonds is 1. The maximum absolute atomic E-state index is 10.7. The molecule has 0 bridgehead atoms. The Kier molecular flexibility index (Phi) is 2.91. The first-order valence-corrected chi connectivity index (χ1v) is 5.09. The van der Waals surface area contributed by atoms with E-state index in [4.69, 9.17) is 4.74 Å². The highest BCUT2D eigenvalue weighted by Crippen LogP contribution is 2.36. The van der Waals surface area contributed by atoms with Crippen molar-refractivity contribution in [2.45, 2.75) is 36.9 Å². The first-order chi connectivity index (χ1) is 5.08. The molecule has 2 nitrogen and oxygen atoms in total. The number of aldehydes is 1. The predicted molar refractivity (Wildman–Crippen MR) is 51.8 cm³/mol. The van der Waals surface area contributed by atoms with Gasteiger partial charge >= 0.3 is 0 Å². The summed E-state index contributed by atoms with van der Waals surface area (Å²) in [6, 6.07) is 0. The molecule has 1 saturated heterocycles. The van der Waals surface area contributed by atoms with E-state index in [0.717, 1.165) is 19.1 Å². The predicted octanol–water partition coefficient (Wildman–Crippen LogP) is 2.15. The molecule has 0 aromatic heterocycles. The van der Waals surface area contributed by atoms with Crippen molar-refractivity contribution in [1.29, 1.82) is 0 Å². The fourth-order valence-corrected chi connectivity index (χ4v) is 1.98. The summed E-state index contributed by atoms with van der Waals surface area (Å²) in [6.07, 6.45) is 3.03. The maximum atomic E-state index is 10.7. The minimum atomic E-state index is -0.248. The van der Waals surface area contributed by atoms with Crippen molar-refractivity contribution in [2.75, 3.05) is 0 Å². The Morgan fingerprint density at radius 3 is 2.82 bits per heavy atom. The molecule has 1 fully saturated rings. The molecule has 0 amide bonds. The van der Waals surface area contributed by atoms with Crippen LogP contribution >= 0.6 is 22.6 Å². The zero-order valence-electron chi connectivity index (χ0n) is 6.84. The van der Waals surface area contributed by atoms with Crippen molar-refractivity contribution in [2.24, 2.45) is 5.41 Å². The standard InChI is InChI=1S/C8H13IO2/c1-6-8(2,5-10)4-3-7(9)11-6/h5-7H,3-4H2,1-2H3/t6-,7-,8-/m1/s1. The van der Waals surface area contributed by atoms with E-state index in [1.165, 1.54) is 0 Å². The summed E-state index contributed by atoms with van der Waals surface area (Å²) >= 11 is 2.27. The van der Waals surface area contributed by atoms with Crippen molar-refractivity contribution in [3.8, 4) is 0 Å². The lowest BCUT2D eigenvalue weighted by molar-refractivity contribution is -0.131. The van der Waals surface area contributed by atoms with Crippen LogP contribution in [0.1, 0.15) is 26.7 Å². The zero-order chi connectivity index (χ0) is 8.48. The summed E-state index contributed by atoms with van der Waals surface area (Å²) < 4.78 is 5.84. The average Bonchev–Trinajstić information content (AvgIpc) is 1.98. The summed E-state index contributed by atoms with van der Waals surface area (Å²) in [5.74, 6) is 0. The van der Waals surface area contributed by atoms with Crippen LogP contribution in [0.2, 0.25) is 0 Å². The normalized spacial score (nSPS) is 45.4. The van der Waals surface area contributed by atoms with Crippen molar-refractivity contribution in [3.63, 3.8) is 0 Å². The van der Waals surface area contributed by atoms with Crippen molar-refractivity contribution in [3.05, 3.63) is 0 Å². The van der Waals surface area contributed by atoms with Gasteiger partial charge in [0.15, 0.2) is 0 Å². The summed E-state index contributed by atoms with van der Waals surface area (Å²) in [5.41, 5.74) is -0.248. The second-order valence-corrected chi connectivity index (χ2v) is 4.74. The van der Waals surface area contributed by atoms with Gasteiger partial charge in [-0.3, -0.25) is 0 Å². The molecule has 0 saturated carbocycles. The molecule has 0 aromatic rings.